The first kappa shape index (κ1) is 18.6. The molecular formula is C17H24FN3O2S. The van der Waals surface area contributed by atoms with Crippen LogP contribution in [0, 0.1) is 5.82 Å². The fraction of sp³-hybridized carbons (Fsp3) is 0.529. The van der Waals surface area contributed by atoms with Crippen LogP contribution in [0.2, 0.25) is 0 Å². The van der Waals surface area contributed by atoms with E-state index in [-0.39, 0.29) is 29.2 Å². The fourth-order valence-electron chi connectivity index (χ4n) is 2.69. The Morgan fingerprint density at radius 3 is 2.79 bits per heavy atom. The van der Waals surface area contributed by atoms with Crippen molar-refractivity contribution in [2.45, 2.75) is 32.2 Å². The molecule has 0 bridgehead atoms. The molecule has 0 unspecified atom stereocenters. The molecule has 0 radical (unpaired) electrons. The summed E-state index contributed by atoms with van der Waals surface area (Å²) in [5, 5.41) is 2.45. The van der Waals surface area contributed by atoms with Crippen LogP contribution in [0.4, 0.5) is 9.18 Å². The van der Waals surface area contributed by atoms with Crippen molar-refractivity contribution < 1.29 is 14.0 Å². The minimum atomic E-state index is -0.332. The van der Waals surface area contributed by atoms with Gasteiger partial charge in [0.05, 0.1) is 5.75 Å². The SMILES string of the molecule is CCNC(=O)N(CCN1C(=O)CS[C@@H]1c1ccccc1F)C(C)C. The lowest BCUT2D eigenvalue weighted by molar-refractivity contribution is -0.128. The number of benzene rings is 1. The van der Waals surface area contributed by atoms with Gasteiger partial charge in [0.1, 0.15) is 11.2 Å². The van der Waals surface area contributed by atoms with Gasteiger partial charge in [0.25, 0.3) is 0 Å². The summed E-state index contributed by atoms with van der Waals surface area (Å²) >= 11 is 1.42. The molecule has 1 aromatic rings. The van der Waals surface area contributed by atoms with E-state index < -0.39 is 0 Å². The molecule has 0 aromatic heterocycles. The number of halogens is 1. The Hall–Kier alpha value is -1.76. The predicted molar refractivity (Wildman–Crippen MR) is 94.2 cm³/mol. The van der Waals surface area contributed by atoms with E-state index >= 15 is 0 Å². The van der Waals surface area contributed by atoms with Crippen LogP contribution in [0.25, 0.3) is 0 Å². The maximum atomic E-state index is 14.1. The molecule has 1 heterocycles. The second-order valence-corrected chi connectivity index (χ2v) is 6.96. The molecule has 1 N–H and O–H groups in total. The molecule has 2 rings (SSSR count). The molecular weight excluding hydrogens is 329 g/mol. The van der Waals surface area contributed by atoms with E-state index in [0.29, 0.717) is 31.0 Å². The van der Waals surface area contributed by atoms with Crippen molar-refractivity contribution in [3.05, 3.63) is 35.6 Å². The quantitative estimate of drug-likeness (QED) is 0.856. The maximum Gasteiger partial charge on any atom is 0.317 e. The van der Waals surface area contributed by atoms with Gasteiger partial charge >= 0.3 is 6.03 Å². The highest BCUT2D eigenvalue weighted by atomic mass is 32.2. The van der Waals surface area contributed by atoms with Gasteiger partial charge in [-0.2, -0.15) is 0 Å². The largest absolute Gasteiger partial charge is 0.338 e. The van der Waals surface area contributed by atoms with Gasteiger partial charge in [-0.25, -0.2) is 9.18 Å². The van der Waals surface area contributed by atoms with Crippen LogP contribution >= 0.6 is 11.8 Å². The average Bonchev–Trinajstić information content (AvgIpc) is 2.89. The number of hydrogen-bond acceptors (Lipinski definition) is 3. The zero-order chi connectivity index (χ0) is 17.7. The van der Waals surface area contributed by atoms with Gasteiger partial charge in [-0.05, 0) is 26.8 Å². The molecule has 3 amide bonds. The van der Waals surface area contributed by atoms with E-state index in [4.69, 9.17) is 0 Å². The standard InChI is InChI=1S/C17H24FN3O2S/c1-4-19-17(23)20(12(2)3)9-10-21-15(22)11-24-16(21)13-7-5-6-8-14(13)18/h5-8,12,16H,4,9-11H2,1-3H3,(H,19,23)/t16-/m1/s1. The monoisotopic (exact) mass is 353 g/mol. The Morgan fingerprint density at radius 2 is 2.17 bits per heavy atom. The lowest BCUT2D eigenvalue weighted by Crippen LogP contribution is -2.47. The van der Waals surface area contributed by atoms with Crippen molar-refractivity contribution in [1.82, 2.24) is 15.1 Å². The Labute approximate surface area is 146 Å². The summed E-state index contributed by atoms with van der Waals surface area (Å²) in [6.07, 6.45) is 0. The number of rotatable bonds is 6. The molecule has 24 heavy (non-hydrogen) atoms. The summed E-state index contributed by atoms with van der Waals surface area (Å²) in [4.78, 5) is 27.7. The number of urea groups is 1. The third kappa shape index (κ3) is 4.20. The summed E-state index contributed by atoms with van der Waals surface area (Å²) < 4.78 is 14.1. The highest BCUT2D eigenvalue weighted by molar-refractivity contribution is 8.00. The second kappa shape index (κ2) is 8.37. The summed E-state index contributed by atoms with van der Waals surface area (Å²) in [7, 11) is 0. The van der Waals surface area contributed by atoms with Crippen molar-refractivity contribution in [1.29, 1.82) is 0 Å². The number of carbonyl (C=O) groups is 2. The smallest absolute Gasteiger partial charge is 0.317 e. The van der Waals surface area contributed by atoms with Gasteiger partial charge in [-0.15, -0.1) is 11.8 Å². The van der Waals surface area contributed by atoms with E-state index in [1.54, 1.807) is 28.0 Å². The van der Waals surface area contributed by atoms with Crippen molar-refractivity contribution in [3.8, 4) is 0 Å². The van der Waals surface area contributed by atoms with Gasteiger partial charge in [0, 0.05) is 31.2 Å². The number of hydrogen-bond donors (Lipinski definition) is 1. The zero-order valence-corrected chi connectivity index (χ0v) is 15.1. The van der Waals surface area contributed by atoms with Crippen molar-refractivity contribution >= 4 is 23.7 Å². The van der Waals surface area contributed by atoms with Crippen LogP contribution in [0.3, 0.4) is 0 Å². The van der Waals surface area contributed by atoms with Crippen LogP contribution in [-0.4, -0.2) is 53.2 Å². The van der Waals surface area contributed by atoms with Gasteiger partial charge in [-0.3, -0.25) is 4.79 Å². The Balaban J connectivity index is 2.09. The summed E-state index contributed by atoms with van der Waals surface area (Å²) in [5.74, 6) is 0.00830. The molecule has 5 nitrogen and oxygen atoms in total. The number of amides is 3. The number of nitrogens with one attached hydrogen (secondary N) is 1. The number of thioether (sulfide) groups is 1. The molecule has 1 aliphatic heterocycles. The van der Waals surface area contributed by atoms with Crippen molar-refractivity contribution in [2.75, 3.05) is 25.4 Å². The van der Waals surface area contributed by atoms with Gasteiger partial charge in [0.15, 0.2) is 0 Å². The lowest BCUT2D eigenvalue weighted by atomic mass is 10.2. The van der Waals surface area contributed by atoms with E-state index in [0.717, 1.165) is 0 Å². The second-order valence-electron chi connectivity index (χ2n) is 5.89. The van der Waals surface area contributed by atoms with Gasteiger partial charge in [-0.1, -0.05) is 18.2 Å². The van der Waals surface area contributed by atoms with Crippen LogP contribution in [-0.2, 0) is 4.79 Å². The highest BCUT2D eigenvalue weighted by Crippen LogP contribution is 2.39. The topological polar surface area (TPSA) is 52.7 Å². The summed E-state index contributed by atoms with van der Waals surface area (Å²) in [6, 6.07) is 6.41. The van der Waals surface area contributed by atoms with E-state index in [1.165, 1.54) is 17.8 Å². The molecule has 1 atom stereocenters. The van der Waals surface area contributed by atoms with Crippen LogP contribution in [0.1, 0.15) is 31.7 Å². The Bertz CT molecular complexity index is 597. The van der Waals surface area contributed by atoms with Gasteiger partial charge in [0.2, 0.25) is 5.91 Å². The third-order valence-electron chi connectivity index (χ3n) is 3.93. The molecule has 1 aromatic carbocycles. The lowest BCUT2D eigenvalue weighted by Gasteiger charge is -2.31. The third-order valence-corrected chi connectivity index (χ3v) is 5.17. The first-order valence-corrected chi connectivity index (χ1v) is 9.20. The van der Waals surface area contributed by atoms with E-state index in [9.17, 15) is 14.0 Å². The maximum absolute atomic E-state index is 14.1. The van der Waals surface area contributed by atoms with Crippen molar-refractivity contribution in [2.24, 2.45) is 0 Å². The Kier molecular flexibility index (Phi) is 6.48. The molecule has 1 aliphatic rings. The van der Waals surface area contributed by atoms with Crippen molar-refractivity contribution in [3.63, 3.8) is 0 Å². The van der Waals surface area contributed by atoms with E-state index in [1.807, 2.05) is 20.8 Å². The molecule has 132 valence electrons. The summed E-state index contributed by atoms with van der Waals surface area (Å²) in [5.41, 5.74) is 0.516. The van der Waals surface area contributed by atoms with Crippen LogP contribution < -0.4 is 5.32 Å². The minimum absolute atomic E-state index is 0.0205. The van der Waals surface area contributed by atoms with Crippen LogP contribution in [0.5, 0.6) is 0 Å². The highest BCUT2D eigenvalue weighted by Gasteiger charge is 2.34. The number of carbonyl (C=O) groups excluding carboxylic acids is 2. The van der Waals surface area contributed by atoms with Crippen LogP contribution in [0.15, 0.2) is 24.3 Å². The minimum Gasteiger partial charge on any atom is -0.338 e. The van der Waals surface area contributed by atoms with Gasteiger partial charge < -0.3 is 15.1 Å². The first-order chi connectivity index (χ1) is 11.5. The summed E-state index contributed by atoms with van der Waals surface area (Å²) in [6.45, 7) is 7.10. The average molecular weight is 353 g/mol. The normalized spacial score (nSPS) is 17.5. The molecule has 1 fully saturated rings. The zero-order valence-electron chi connectivity index (χ0n) is 14.3. The molecule has 0 aliphatic carbocycles. The molecule has 0 saturated carbocycles. The Morgan fingerprint density at radius 1 is 1.46 bits per heavy atom. The molecule has 0 spiro atoms. The number of nitrogens with zero attached hydrogens (tertiary/aromatic N) is 2. The first-order valence-electron chi connectivity index (χ1n) is 8.15. The molecule has 1 saturated heterocycles. The fourth-order valence-corrected chi connectivity index (χ4v) is 3.93. The molecule has 7 heteroatoms. The van der Waals surface area contributed by atoms with E-state index in [2.05, 4.69) is 5.32 Å². The predicted octanol–water partition coefficient (Wildman–Crippen LogP) is 2.84.